The molecule has 2 rings (SSSR count). The molecule has 10 heteroatoms. The van der Waals surface area contributed by atoms with E-state index in [9.17, 15) is 23.3 Å². The lowest BCUT2D eigenvalue weighted by molar-refractivity contribution is -0.384. The number of nitrogens with zero attached hydrogens (tertiary/aromatic N) is 2. The van der Waals surface area contributed by atoms with E-state index in [2.05, 4.69) is 5.32 Å². The first kappa shape index (κ1) is 22.7. The molecule has 0 aliphatic rings. The Hall–Kier alpha value is -2.59. The summed E-state index contributed by atoms with van der Waals surface area (Å²) in [6, 6.07) is 12.6. The van der Waals surface area contributed by atoms with Gasteiger partial charge in [0, 0.05) is 29.3 Å². The molecule has 0 aliphatic carbocycles. The Morgan fingerprint density at radius 2 is 1.90 bits per heavy atom. The molecular weight excluding hydrogens is 414 g/mol. The summed E-state index contributed by atoms with van der Waals surface area (Å²) in [5, 5.41) is 13.8. The van der Waals surface area contributed by atoms with Gasteiger partial charge in [-0.05, 0) is 31.5 Å². The Labute approximate surface area is 174 Å². The molecule has 0 aliphatic heterocycles. The molecule has 2 aromatic rings. The third-order valence-corrected chi connectivity index (χ3v) is 6.38. The number of rotatable bonds is 9. The van der Waals surface area contributed by atoms with Crippen molar-refractivity contribution in [3.8, 4) is 0 Å². The lowest BCUT2D eigenvalue weighted by atomic mass is 10.1. The first-order chi connectivity index (χ1) is 13.6. The normalized spacial score (nSPS) is 12.2. The number of benzene rings is 2. The molecule has 0 fully saturated rings. The summed E-state index contributed by atoms with van der Waals surface area (Å²) < 4.78 is 25.7. The van der Waals surface area contributed by atoms with Gasteiger partial charge in [-0.3, -0.25) is 19.2 Å². The molecule has 1 atom stereocenters. The molecule has 1 amide bonds. The van der Waals surface area contributed by atoms with E-state index in [1.807, 2.05) is 30.3 Å². The number of nitro groups is 1. The zero-order valence-electron chi connectivity index (χ0n) is 16.4. The molecule has 2 aromatic carbocycles. The van der Waals surface area contributed by atoms with Crippen molar-refractivity contribution in [2.24, 2.45) is 0 Å². The summed E-state index contributed by atoms with van der Waals surface area (Å²) in [5.74, 6) is 0.145. The predicted molar refractivity (Wildman–Crippen MR) is 115 cm³/mol. The number of hydrogen-bond donors (Lipinski definition) is 1. The van der Waals surface area contributed by atoms with Gasteiger partial charge in [0.2, 0.25) is 15.9 Å². The van der Waals surface area contributed by atoms with Crippen molar-refractivity contribution in [3.63, 3.8) is 0 Å². The zero-order chi connectivity index (χ0) is 21.6. The van der Waals surface area contributed by atoms with Crippen molar-refractivity contribution in [2.75, 3.05) is 22.9 Å². The molecule has 0 bridgehead atoms. The van der Waals surface area contributed by atoms with Crippen molar-refractivity contribution in [1.82, 2.24) is 5.32 Å². The highest BCUT2D eigenvalue weighted by Crippen LogP contribution is 2.29. The van der Waals surface area contributed by atoms with Crippen LogP contribution in [0.15, 0.2) is 53.4 Å². The van der Waals surface area contributed by atoms with Crippen LogP contribution in [0.1, 0.15) is 12.5 Å². The van der Waals surface area contributed by atoms with E-state index in [0.29, 0.717) is 17.9 Å². The Morgan fingerprint density at radius 1 is 1.24 bits per heavy atom. The number of nitrogens with one attached hydrogen (secondary N) is 1. The highest BCUT2D eigenvalue weighted by Gasteiger charge is 2.31. The third-order valence-electron chi connectivity index (χ3n) is 4.14. The smallest absolute Gasteiger partial charge is 0.271 e. The Kier molecular flexibility index (Phi) is 7.63. The lowest BCUT2D eigenvalue weighted by Gasteiger charge is -2.29. The monoisotopic (exact) mass is 437 g/mol. The zero-order valence-corrected chi connectivity index (χ0v) is 18.0. The number of non-ortho nitro benzene ring substituents is 1. The van der Waals surface area contributed by atoms with E-state index in [1.54, 1.807) is 18.7 Å². The van der Waals surface area contributed by atoms with Crippen LogP contribution in [0, 0.1) is 17.0 Å². The molecule has 0 heterocycles. The van der Waals surface area contributed by atoms with E-state index < -0.39 is 26.9 Å². The lowest BCUT2D eigenvalue weighted by Crippen LogP contribution is -2.48. The third kappa shape index (κ3) is 6.20. The van der Waals surface area contributed by atoms with Gasteiger partial charge in [0.05, 0.1) is 16.9 Å². The van der Waals surface area contributed by atoms with Crippen LogP contribution < -0.4 is 9.62 Å². The van der Waals surface area contributed by atoms with Crippen molar-refractivity contribution in [2.45, 2.75) is 24.8 Å². The van der Waals surface area contributed by atoms with Gasteiger partial charge in [-0.15, -0.1) is 11.8 Å². The SMILES string of the molecule is Cc1ccc([N+](=O)[O-])cc1N([C@H](C)C(=O)NCCSc1ccccc1)S(C)(=O)=O. The van der Waals surface area contributed by atoms with Gasteiger partial charge in [-0.1, -0.05) is 24.3 Å². The van der Waals surface area contributed by atoms with Gasteiger partial charge in [0.25, 0.3) is 5.69 Å². The average molecular weight is 438 g/mol. The molecular formula is C19H23N3O5S2. The average Bonchev–Trinajstić information content (AvgIpc) is 2.66. The van der Waals surface area contributed by atoms with E-state index in [4.69, 9.17) is 0 Å². The molecule has 0 aromatic heterocycles. The topological polar surface area (TPSA) is 110 Å². The van der Waals surface area contributed by atoms with Gasteiger partial charge >= 0.3 is 0 Å². The summed E-state index contributed by atoms with van der Waals surface area (Å²) in [4.78, 5) is 24.1. The molecule has 0 saturated heterocycles. The Balaban J connectivity index is 2.13. The fourth-order valence-corrected chi connectivity index (χ4v) is 4.75. The van der Waals surface area contributed by atoms with E-state index in [-0.39, 0.29) is 11.4 Å². The maximum Gasteiger partial charge on any atom is 0.271 e. The maximum absolute atomic E-state index is 12.6. The largest absolute Gasteiger partial charge is 0.353 e. The number of carbonyl (C=O) groups excluding carboxylic acids is 1. The first-order valence-corrected chi connectivity index (χ1v) is 11.6. The number of nitro benzene ring substituents is 1. The van der Waals surface area contributed by atoms with Crippen LogP contribution >= 0.6 is 11.8 Å². The number of amides is 1. The fourth-order valence-electron chi connectivity index (χ4n) is 2.74. The van der Waals surface area contributed by atoms with Crippen LogP contribution in [0.25, 0.3) is 0 Å². The number of carbonyl (C=O) groups is 1. The van der Waals surface area contributed by atoms with Crippen LogP contribution in [-0.2, 0) is 14.8 Å². The Bertz CT molecular complexity index is 981. The second-order valence-corrected chi connectivity index (χ2v) is 9.44. The fraction of sp³-hybridized carbons (Fsp3) is 0.316. The van der Waals surface area contributed by atoms with Crippen LogP contribution in [0.4, 0.5) is 11.4 Å². The number of aryl methyl sites for hydroxylation is 1. The van der Waals surface area contributed by atoms with Gasteiger partial charge in [0.1, 0.15) is 6.04 Å². The number of anilines is 1. The molecule has 0 radical (unpaired) electrons. The molecule has 1 N–H and O–H groups in total. The minimum Gasteiger partial charge on any atom is -0.353 e. The molecule has 156 valence electrons. The summed E-state index contributed by atoms with van der Waals surface area (Å²) in [6.07, 6.45) is 0.973. The second-order valence-electron chi connectivity index (χ2n) is 6.42. The molecule has 0 saturated carbocycles. The first-order valence-electron chi connectivity index (χ1n) is 8.81. The quantitative estimate of drug-likeness (QED) is 0.280. The van der Waals surface area contributed by atoms with E-state index in [1.165, 1.54) is 25.1 Å². The second kappa shape index (κ2) is 9.75. The summed E-state index contributed by atoms with van der Waals surface area (Å²) in [5.41, 5.74) is 0.384. The predicted octanol–water partition coefficient (Wildman–Crippen LogP) is 2.97. The van der Waals surface area contributed by atoms with E-state index >= 15 is 0 Å². The highest BCUT2D eigenvalue weighted by atomic mass is 32.2. The van der Waals surface area contributed by atoms with Crippen LogP contribution in [0.3, 0.4) is 0 Å². The molecule has 29 heavy (non-hydrogen) atoms. The maximum atomic E-state index is 12.6. The minimum atomic E-state index is -3.86. The van der Waals surface area contributed by atoms with Gasteiger partial charge in [-0.2, -0.15) is 0 Å². The van der Waals surface area contributed by atoms with Crippen LogP contribution in [-0.4, -0.2) is 43.8 Å². The van der Waals surface area contributed by atoms with Gasteiger partial charge < -0.3 is 5.32 Å². The molecule has 8 nitrogen and oxygen atoms in total. The Morgan fingerprint density at radius 3 is 2.48 bits per heavy atom. The van der Waals surface area contributed by atoms with Crippen molar-refractivity contribution >= 4 is 39.1 Å². The van der Waals surface area contributed by atoms with Crippen molar-refractivity contribution in [3.05, 3.63) is 64.2 Å². The minimum absolute atomic E-state index is 0.114. The molecule has 0 spiro atoms. The highest BCUT2D eigenvalue weighted by molar-refractivity contribution is 7.99. The van der Waals surface area contributed by atoms with Crippen LogP contribution in [0.2, 0.25) is 0 Å². The molecule has 0 unspecified atom stereocenters. The van der Waals surface area contributed by atoms with Gasteiger partial charge in [0.15, 0.2) is 0 Å². The van der Waals surface area contributed by atoms with E-state index in [0.717, 1.165) is 15.5 Å². The summed E-state index contributed by atoms with van der Waals surface area (Å²) >= 11 is 1.57. The van der Waals surface area contributed by atoms with Gasteiger partial charge in [-0.25, -0.2) is 8.42 Å². The van der Waals surface area contributed by atoms with Crippen molar-refractivity contribution in [1.29, 1.82) is 0 Å². The number of hydrogen-bond acceptors (Lipinski definition) is 6. The van der Waals surface area contributed by atoms with Crippen molar-refractivity contribution < 1.29 is 18.1 Å². The summed E-state index contributed by atoms with van der Waals surface area (Å²) in [7, 11) is -3.86. The summed E-state index contributed by atoms with van der Waals surface area (Å²) in [6.45, 7) is 3.45. The van der Waals surface area contributed by atoms with Crippen LogP contribution in [0.5, 0.6) is 0 Å². The number of thioether (sulfide) groups is 1. The standard InChI is InChI=1S/C19H23N3O5S2/c1-14-9-10-16(22(24)25)13-18(14)21(29(3,26)27)15(2)19(23)20-11-12-28-17-7-5-4-6-8-17/h4-10,13,15H,11-12H2,1-3H3,(H,20,23)/t15-/m1/s1. The number of sulfonamides is 1.